The Morgan fingerprint density at radius 2 is 1.81 bits per heavy atom. The first-order valence-electron chi connectivity index (χ1n) is 9.40. The maximum atomic E-state index is 13.4. The Bertz CT molecular complexity index is 1380. The molecule has 0 aliphatic carbocycles. The third-order valence-corrected chi connectivity index (χ3v) is 5.98. The summed E-state index contributed by atoms with van der Waals surface area (Å²) in [5, 5.41) is 9.06. The van der Waals surface area contributed by atoms with Gasteiger partial charge in [0.15, 0.2) is 4.80 Å². The molecule has 1 aromatic heterocycles. The Labute approximate surface area is 180 Å². The molecule has 0 spiro atoms. The molecule has 2 heterocycles. The number of nitrogens with zero attached hydrogens (tertiary/aromatic N) is 2. The van der Waals surface area contributed by atoms with Crippen molar-refractivity contribution in [2.75, 3.05) is 7.11 Å². The molecule has 0 amide bonds. The van der Waals surface area contributed by atoms with Gasteiger partial charge in [-0.15, -0.1) is 0 Å². The fourth-order valence-corrected chi connectivity index (χ4v) is 4.56. The number of ether oxygens (including phenoxy) is 1. The van der Waals surface area contributed by atoms with Gasteiger partial charge in [0, 0.05) is 0 Å². The molecule has 7 nitrogen and oxygen atoms in total. The second-order valence-corrected chi connectivity index (χ2v) is 7.92. The Balaban J connectivity index is 1.92. The Hall–Kier alpha value is -3.78. The smallest absolute Gasteiger partial charge is 0.338 e. The number of hydrogen-bond acceptors (Lipinski definition) is 6. The lowest BCUT2D eigenvalue weighted by Crippen LogP contribution is -2.39. The normalized spacial score (nSPS) is 15.9. The van der Waals surface area contributed by atoms with Gasteiger partial charge in [-0.2, -0.15) is 0 Å². The van der Waals surface area contributed by atoms with Crippen molar-refractivity contribution in [3.63, 3.8) is 0 Å². The second kappa shape index (κ2) is 8.16. The summed E-state index contributed by atoms with van der Waals surface area (Å²) in [5.41, 5.74) is 2.17. The predicted molar refractivity (Wildman–Crippen MR) is 116 cm³/mol. The molecule has 0 unspecified atom stereocenters. The third-order valence-electron chi connectivity index (χ3n) is 5.00. The number of fused-ring (bicyclic) bond motifs is 1. The van der Waals surface area contributed by atoms with Crippen LogP contribution in [0.5, 0.6) is 0 Å². The van der Waals surface area contributed by atoms with E-state index in [0.717, 1.165) is 5.56 Å². The number of carbonyl (C=O) groups excluding carboxylic acids is 1. The van der Waals surface area contributed by atoms with Crippen molar-refractivity contribution in [3.8, 4) is 0 Å². The first-order valence-corrected chi connectivity index (χ1v) is 10.2. The molecule has 0 radical (unpaired) electrons. The third kappa shape index (κ3) is 3.73. The van der Waals surface area contributed by atoms with Crippen molar-refractivity contribution in [3.05, 3.63) is 102 Å². The highest BCUT2D eigenvalue weighted by Crippen LogP contribution is 2.30. The number of esters is 1. The van der Waals surface area contributed by atoms with E-state index in [4.69, 9.17) is 9.84 Å². The average Bonchev–Trinajstić information content (AvgIpc) is 3.07. The van der Waals surface area contributed by atoms with E-state index in [1.165, 1.54) is 35.1 Å². The Kier molecular flexibility index (Phi) is 5.39. The molecule has 4 rings (SSSR count). The molecule has 0 saturated carbocycles. The maximum Gasteiger partial charge on any atom is 0.338 e. The van der Waals surface area contributed by atoms with Crippen LogP contribution in [0.15, 0.2) is 75.7 Å². The number of rotatable bonds is 4. The molecule has 0 saturated heterocycles. The van der Waals surface area contributed by atoms with Crippen LogP contribution in [-0.4, -0.2) is 28.7 Å². The highest BCUT2D eigenvalue weighted by atomic mass is 32.1. The van der Waals surface area contributed by atoms with Gasteiger partial charge in [0.1, 0.15) is 0 Å². The molecule has 1 N–H and O–H groups in total. The molecule has 3 aromatic rings. The first-order chi connectivity index (χ1) is 14.9. The van der Waals surface area contributed by atoms with Crippen molar-refractivity contribution in [2.24, 2.45) is 4.99 Å². The largest absolute Gasteiger partial charge is 0.478 e. The Morgan fingerprint density at radius 3 is 2.42 bits per heavy atom. The Morgan fingerprint density at radius 1 is 1.13 bits per heavy atom. The van der Waals surface area contributed by atoms with Gasteiger partial charge >= 0.3 is 11.9 Å². The van der Waals surface area contributed by atoms with Crippen LogP contribution in [0.3, 0.4) is 0 Å². The molecule has 31 heavy (non-hydrogen) atoms. The van der Waals surface area contributed by atoms with Gasteiger partial charge in [-0.3, -0.25) is 9.36 Å². The minimum atomic E-state index is -1.01. The number of benzene rings is 2. The number of hydrogen-bond donors (Lipinski definition) is 1. The van der Waals surface area contributed by atoms with Gasteiger partial charge in [-0.1, -0.05) is 53.8 Å². The fourth-order valence-electron chi connectivity index (χ4n) is 3.52. The minimum Gasteiger partial charge on any atom is -0.478 e. The summed E-state index contributed by atoms with van der Waals surface area (Å²) in [6, 6.07) is 14.9. The molecule has 1 aliphatic rings. The number of allylic oxidation sites excluding steroid dienone is 1. The van der Waals surface area contributed by atoms with Gasteiger partial charge < -0.3 is 9.84 Å². The quantitative estimate of drug-likeness (QED) is 0.635. The molecule has 8 heteroatoms. The van der Waals surface area contributed by atoms with Crippen LogP contribution >= 0.6 is 11.3 Å². The average molecular weight is 434 g/mol. The van der Waals surface area contributed by atoms with Crippen LogP contribution in [-0.2, 0) is 9.53 Å². The number of thiazole rings is 1. The summed E-state index contributed by atoms with van der Waals surface area (Å²) in [6.45, 7) is 1.73. The van der Waals surface area contributed by atoms with Gasteiger partial charge in [-0.05, 0) is 36.3 Å². The summed E-state index contributed by atoms with van der Waals surface area (Å²) in [6.07, 6.45) is 1.69. The lowest BCUT2D eigenvalue weighted by molar-refractivity contribution is -0.136. The van der Waals surface area contributed by atoms with E-state index in [1.807, 2.05) is 30.3 Å². The number of carboxylic acid groups (broad SMARTS) is 1. The number of aromatic nitrogens is 1. The lowest BCUT2D eigenvalue weighted by atomic mass is 9.96. The minimum absolute atomic E-state index is 0.168. The molecular weight excluding hydrogens is 416 g/mol. The monoisotopic (exact) mass is 434 g/mol. The predicted octanol–water partition coefficient (Wildman–Crippen LogP) is 2.11. The van der Waals surface area contributed by atoms with Crippen LogP contribution < -0.4 is 14.9 Å². The van der Waals surface area contributed by atoms with Crippen molar-refractivity contribution in [2.45, 2.75) is 13.0 Å². The highest BCUT2D eigenvalue weighted by molar-refractivity contribution is 7.07. The fraction of sp³-hybridized carbons (Fsp3) is 0.130. The first kappa shape index (κ1) is 20.5. The molecular formula is C23H18N2O5S. The zero-order valence-electron chi connectivity index (χ0n) is 16.7. The van der Waals surface area contributed by atoms with Crippen LogP contribution in [0.25, 0.3) is 6.08 Å². The van der Waals surface area contributed by atoms with E-state index in [9.17, 15) is 14.4 Å². The standard InChI is InChI=1S/C23H18N2O5S/c1-13-18(22(29)30-2)19(15-6-4-3-5-7-15)25-20(26)17(31-23(25)24-13)12-14-8-10-16(11-9-14)21(27)28/h3-12,19H,1-2H3,(H,27,28)/b17-12-/t19-/m0/s1. The van der Waals surface area contributed by atoms with Gasteiger partial charge in [0.05, 0.1) is 34.5 Å². The van der Waals surface area contributed by atoms with Crippen molar-refractivity contribution in [1.82, 2.24) is 4.57 Å². The molecule has 1 aliphatic heterocycles. The van der Waals surface area contributed by atoms with E-state index in [0.29, 0.717) is 26.2 Å². The van der Waals surface area contributed by atoms with Gasteiger partial charge in [0.25, 0.3) is 5.56 Å². The SMILES string of the molecule is COC(=O)C1=C(C)N=c2s/c(=C\c3ccc(C(=O)O)cc3)c(=O)n2[C@H]1c1ccccc1. The lowest BCUT2D eigenvalue weighted by Gasteiger charge is -2.24. The van der Waals surface area contributed by atoms with Crippen LogP contribution in [0.2, 0.25) is 0 Å². The zero-order valence-corrected chi connectivity index (χ0v) is 17.6. The van der Waals surface area contributed by atoms with Crippen LogP contribution in [0.1, 0.15) is 34.5 Å². The molecule has 2 aromatic carbocycles. The number of carbonyl (C=O) groups is 2. The molecule has 1 atom stereocenters. The topological polar surface area (TPSA) is 98.0 Å². The second-order valence-electron chi connectivity index (χ2n) is 6.91. The van der Waals surface area contributed by atoms with E-state index in [1.54, 1.807) is 25.1 Å². The number of methoxy groups -OCH3 is 1. The van der Waals surface area contributed by atoms with Crippen molar-refractivity contribution in [1.29, 1.82) is 0 Å². The summed E-state index contributed by atoms with van der Waals surface area (Å²) in [4.78, 5) is 41.9. The van der Waals surface area contributed by atoms with E-state index in [2.05, 4.69) is 4.99 Å². The van der Waals surface area contributed by atoms with E-state index >= 15 is 0 Å². The maximum absolute atomic E-state index is 13.4. The molecule has 156 valence electrons. The van der Waals surface area contributed by atoms with E-state index < -0.39 is 18.0 Å². The number of aromatic carboxylic acids is 1. The molecule has 0 fully saturated rings. The summed E-state index contributed by atoms with van der Waals surface area (Å²) in [5.74, 6) is -1.55. The van der Waals surface area contributed by atoms with Crippen LogP contribution in [0, 0.1) is 0 Å². The summed E-state index contributed by atoms with van der Waals surface area (Å²) in [7, 11) is 1.30. The molecule has 0 bridgehead atoms. The van der Waals surface area contributed by atoms with Crippen LogP contribution in [0.4, 0.5) is 0 Å². The number of carboxylic acids is 1. The van der Waals surface area contributed by atoms with E-state index in [-0.39, 0.29) is 11.1 Å². The van der Waals surface area contributed by atoms with Crippen molar-refractivity contribution < 1.29 is 19.4 Å². The highest BCUT2D eigenvalue weighted by Gasteiger charge is 2.32. The van der Waals surface area contributed by atoms with Crippen molar-refractivity contribution >= 4 is 29.4 Å². The zero-order chi connectivity index (χ0) is 22.1. The van der Waals surface area contributed by atoms with Gasteiger partial charge in [0.2, 0.25) is 0 Å². The summed E-state index contributed by atoms with van der Waals surface area (Å²) < 4.78 is 6.92. The summed E-state index contributed by atoms with van der Waals surface area (Å²) >= 11 is 1.22. The van der Waals surface area contributed by atoms with Gasteiger partial charge in [-0.25, -0.2) is 14.6 Å².